The number of halogens is 2. The Morgan fingerprint density at radius 2 is 2.00 bits per heavy atom. The summed E-state index contributed by atoms with van der Waals surface area (Å²) in [6, 6.07) is 11.9. The quantitative estimate of drug-likeness (QED) is 0.455. The van der Waals surface area contributed by atoms with Gasteiger partial charge in [0.25, 0.3) is 0 Å². The van der Waals surface area contributed by atoms with Gasteiger partial charge in [-0.3, -0.25) is 0 Å². The molecule has 7 heteroatoms. The molecule has 0 aliphatic rings. The number of esters is 1. The highest BCUT2D eigenvalue weighted by Gasteiger charge is 2.04. The van der Waals surface area contributed by atoms with Gasteiger partial charge < -0.3 is 14.7 Å². The maximum atomic E-state index is 11.5. The lowest BCUT2D eigenvalue weighted by atomic mass is 10.2. The van der Waals surface area contributed by atoms with Crippen molar-refractivity contribution in [1.82, 2.24) is 0 Å². The first-order valence-electron chi connectivity index (χ1n) is 6.58. The van der Waals surface area contributed by atoms with E-state index >= 15 is 0 Å². The van der Waals surface area contributed by atoms with Gasteiger partial charge in [0.15, 0.2) is 0 Å². The largest absolute Gasteiger partial charge is 0.507 e. The van der Waals surface area contributed by atoms with Crippen LogP contribution in [0.25, 0.3) is 0 Å². The number of aromatic hydroxyl groups is 1. The monoisotopic (exact) mass is 397 g/mol. The van der Waals surface area contributed by atoms with Crippen LogP contribution in [0.4, 0.5) is 0 Å². The highest BCUT2D eigenvalue weighted by atomic mass is 79.9. The van der Waals surface area contributed by atoms with E-state index in [1.807, 2.05) is 0 Å². The van der Waals surface area contributed by atoms with E-state index in [0.717, 1.165) is 10.0 Å². The first kappa shape index (κ1) is 17.3. The maximum Gasteiger partial charge on any atom is 0.347 e. The van der Waals surface area contributed by atoms with Crippen LogP contribution < -0.4 is 0 Å². The summed E-state index contributed by atoms with van der Waals surface area (Å²) in [6.45, 7) is -0.186. The number of phenols is 1. The minimum atomic E-state index is -0.546. The lowest BCUT2D eigenvalue weighted by molar-refractivity contribution is -0.150. The Labute approximate surface area is 146 Å². The lowest BCUT2D eigenvalue weighted by Gasteiger charge is -2.04. The topological polar surface area (TPSA) is 68.1 Å². The molecule has 5 nitrogen and oxygen atoms in total. The fraction of sp³-hybridized carbons (Fsp3) is 0.125. The molecule has 0 radical (unpaired) electrons. The third kappa shape index (κ3) is 5.92. The van der Waals surface area contributed by atoms with Crippen LogP contribution in [0.15, 0.2) is 52.1 Å². The van der Waals surface area contributed by atoms with Crippen molar-refractivity contribution in [2.45, 2.75) is 6.61 Å². The number of carbonyl (C=O) groups excluding carboxylic acids is 1. The molecule has 0 unspecified atom stereocenters. The SMILES string of the molecule is O=C(CON=Cc1cc(Br)ccc1O)OCc1ccc(Cl)cc1. The average molecular weight is 399 g/mol. The van der Waals surface area contributed by atoms with Crippen LogP contribution >= 0.6 is 27.5 Å². The Morgan fingerprint density at radius 1 is 1.26 bits per heavy atom. The summed E-state index contributed by atoms with van der Waals surface area (Å²) in [5, 5.41) is 13.8. The highest BCUT2D eigenvalue weighted by Crippen LogP contribution is 2.20. The van der Waals surface area contributed by atoms with Crippen molar-refractivity contribution >= 4 is 39.7 Å². The number of oxime groups is 1. The van der Waals surface area contributed by atoms with Crippen molar-refractivity contribution in [1.29, 1.82) is 0 Å². The zero-order valence-electron chi connectivity index (χ0n) is 11.9. The van der Waals surface area contributed by atoms with Crippen LogP contribution in [0.3, 0.4) is 0 Å². The van der Waals surface area contributed by atoms with Gasteiger partial charge in [0.1, 0.15) is 12.4 Å². The Kier molecular flexibility index (Phi) is 6.43. The molecule has 0 amide bonds. The Bertz CT molecular complexity index is 704. The summed E-state index contributed by atoms with van der Waals surface area (Å²) in [5.74, 6) is -0.485. The van der Waals surface area contributed by atoms with Crippen molar-refractivity contribution in [2.75, 3.05) is 6.61 Å². The molecule has 23 heavy (non-hydrogen) atoms. The number of benzene rings is 2. The maximum absolute atomic E-state index is 11.5. The lowest BCUT2D eigenvalue weighted by Crippen LogP contribution is -2.10. The van der Waals surface area contributed by atoms with Crippen LogP contribution in [0.5, 0.6) is 5.75 Å². The Balaban J connectivity index is 1.75. The van der Waals surface area contributed by atoms with E-state index in [-0.39, 0.29) is 19.0 Å². The molecule has 0 aliphatic heterocycles. The highest BCUT2D eigenvalue weighted by molar-refractivity contribution is 9.10. The molecule has 120 valence electrons. The molecular weight excluding hydrogens is 386 g/mol. The molecule has 0 bridgehead atoms. The number of hydrogen-bond acceptors (Lipinski definition) is 5. The molecule has 0 saturated heterocycles. The number of phenolic OH excluding ortho intramolecular Hbond substituents is 1. The molecule has 0 saturated carbocycles. The second kappa shape index (κ2) is 8.55. The van der Waals surface area contributed by atoms with E-state index in [1.54, 1.807) is 36.4 Å². The van der Waals surface area contributed by atoms with Gasteiger partial charge in [-0.05, 0) is 35.9 Å². The van der Waals surface area contributed by atoms with Gasteiger partial charge in [0.05, 0.1) is 6.21 Å². The third-order valence-electron chi connectivity index (χ3n) is 2.75. The molecule has 0 aliphatic carbocycles. The van der Waals surface area contributed by atoms with Crippen LogP contribution in [0.2, 0.25) is 5.02 Å². The van der Waals surface area contributed by atoms with E-state index < -0.39 is 5.97 Å². The molecule has 0 atom stereocenters. The van der Waals surface area contributed by atoms with E-state index in [2.05, 4.69) is 21.1 Å². The molecule has 1 N–H and O–H groups in total. The fourth-order valence-corrected chi connectivity index (χ4v) is 2.10. The van der Waals surface area contributed by atoms with E-state index in [0.29, 0.717) is 10.6 Å². The first-order valence-corrected chi connectivity index (χ1v) is 7.75. The van der Waals surface area contributed by atoms with Crippen molar-refractivity contribution in [3.8, 4) is 5.75 Å². The van der Waals surface area contributed by atoms with Gasteiger partial charge >= 0.3 is 5.97 Å². The zero-order valence-corrected chi connectivity index (χ0v) is 14.3. The molecule has 0 aromatic heterocycles. The van der Waals surface area contributed by atoms with Gasteiger partial charge in [-0.15, -0.1) is 0 Å². The number of nitrogens with zero attached hydrogens (tertiary/aromatic N) is 1. The molecule has 0 fully saturated rings. The van der Waals surface area contributed by atoms with Crippen LogP contribution in [-0.2, 0) is 21.0 Å². The minimum absolute atomic E-state index is 0.0610. The summed E-state index contributed by atoms with van der Waals surface area (Å²) < 4.78 is 5.82. The molecule has 0 spiro atoms. The van der Waals surface area contributed by atoms with E-state index in [4.69, 9.17) is 21.2 Å². The number of carbonyl (C=O) groups is 1. The zero-order chi connectivity index (χ0) is 16.7. The summed E-state index contributed by atoms with van der Waals surface area (Å²) in [6.07, 6.45) is 1.31. The van der Waals surface area contributed by atoms with Crippen molar-refractivity contribution < 1.29 is 19.5 Å². The molecule has 0 heterocycles. The third-order valence-corrected chi connectivity index (χ3v) is 3.50. The molecular formula is C16H13BrClNO4. The van der Waals surface area contributed by atoms with E-state index in [9.17, 15) is 9.90 Å². The number of hydrogen-bond donors (Lipinski definition) is 1. The molecule has 2 aromatic rings. The smallest absolute Gasteiger partial charge is 0.347 e. The average Bonchev–Trinajstić information content (AvgIpc) is 2.54. The van der Waals surface area contributed by atoms with Crippen molar-refractivity contribution in [2.24, 2.45) is 5.16 Å². The van der Waals surface area contributed by atoms with Gasteiger partial charge in [-0.1, -0.05) is 44.8 Å². The van der Waals surface area contributed by atoms with Gasteiger partial charge in [0.2, 0.25) is 6.61 Å². The second-order valence-corrected chi connectivity index (χ2v) is 5.85. The first-order chi connectivity index (χ1) is 11.0. The van der Waals surface area contributed by atoms with Gasteiger partial charge in [0, 0.05) is 15.1 Å². The normalized spacial score (nSPS) is 10.7. The fourth-order valence-electron chi connectivity index (χ4n) is 1.60. The predicted octanol–water partition coefficient (Wildman–Crippen LogP) is 3.90. The van der Waals surface area contributed by atoms with Crippen LogP contribution in [0, 0.1) is 0 Å². The summed E-state index contributed by atoms with van der Waals surface area (Å²) >= 11 is 9.05. The predicted molar refractivity (Wildman–Crippen MR) is 90.6 cm³/mol. The van der Waals surface area contributed by atoms with Crippen molar-refractivity contribution in [3.63, 3.8) is 0 Å². The Hall–Kier alpha value is -2.05. The number of rotatable bonds is 6. The molecule has 2 aromatic carbocycles. The Morgan fingerprint density at radius 3 is 2.74 bits per heavy atom. The second-order valence-electron chi connectivity index (χ2n) is 4.50. The summed E-state index contributed by atoms with van der Waals surface area (Å²) in [7, 11) is 0. The summed E-state index contributed by atoms with van der Waals surface area (Å²) in [4.78, 5) is 16.4. The standard InChI is InChI=1S/C16H13BrClNO4/c17-13-3-6-15(20)12(7-13)8-19-23-10-16(21)22-9-11-1-4-14(18)5-2-11/h1-8,20H,9-10H2. The minimum Gasteiger partial charge on any atom is -0.507 e. The molecule has 2 rings (SSSR count). The van der Waals surface area contributed by atoms with Crippen LogP contribution in [-0.4, -0.2) is 23.9 Å². The van der Waals surface area contributed by atoms with Gasteiger partial charge in [-0.2, -0.15) is 0 Å². The van der Waals surface area contributed by atoms with Crippen LogP contribution in [0.1, 0.15) is 11.1 Å². The van der Waals surface area contributed by atoms with E-state index in [1.165, 1.54) is 12.3 Å². The van der Waals surface area contributed by atoms with Crippen molar-refractivity contribution in [3.05, 3.63) is 63.1 Å². The summed E-state index contributed by atoms with van der Waals surface area (Å²) in [5.41, 5.74) is 1.29. The van der Waals surface area contributed by atoms with Gasteiger partial charge in [-0.25, -0.2) is 4.79 Å². The number of ether oxygens (including phenoxy) is 1.